The number of rotatable bonds is 2. The van der Waals surface area contributed by atoms with Crippen molar-refractivity contribution >= 4 is 12.0 Å². The van der Waals surface area contributed by atoms with Crippen molar-refractivity contribution < 1.29 is 19.4 Å². The van der Waals surface area contributed by atoms with Crippen LogP contribution in [0.15, 0.2) is 0 Å². The number of likely N-dealkylation sites (N-methyl/N-ethyl adjacent to an activating group) is 1. The van der Waals surface area contributed by atoms with E-state index in [4.69, 9.17) is 9.84 Å². The zero-order chi connectivity index (χ0) is 15.8. The number of β-amino-alcohol motifs (C(OH)–C–C–N with tert-alkyl or cyclic N) is 1. The van der Waals surface area contributed by atoms with E-state index in [1.807, 2.05) is 32.7 Å². The van der Waals surface area contributed by atoms with E-state index in [0.717, 1.165) is 0 Å². The van der Waals surface area contributed by atoms with E-state index in [2.05, 4.69) is 0 Å². The first-order valence-electron chi connectivity index (χ1n) is 7.25. The van der Waals surface area contributed by atoms with E-state index in [-0.39, 0.29) is 24.1 Å². The van der Waals surface area contributed by atoms with Crippen LogP contribution < -0.4 is 0 Å². The second-order valence-corrected chi connectivity index (χ2v) is 6.96. The van der Waals surface area contributed by atoms with Crippen molar-refractivity contribution in [1.29, 1.82) is 0 Å². The largest absolute Gasteiger partial charge is 0.444 e. The fourth-order valence-electron chi connectivity index (χ4n) is 2.82. The fourth-order valence-corrected chi connectivity index (χ4v) is 2.82. The highest BCUT2D eigenvalue weighted by Crippen LogP contribution is 2.32. The van der Waals surface area contributed by atoms with Crippen LogP contribution in [0.4, 0.5) is 4.79 Å². The van der Waals surface area contributed by atoms with Crippen molar-refractivity contribution in [2.24, 2.45) is 0 Å². The molecule has 2 aliphatic rings. The number of aliphatic hydroxyl groups is 1. The summed E-state index contributed by atoms with van der Waals surface area (Å²) in [7, 11) is 1.90. The lowest BCUT2D eigenvalue weighted by Gasteiger charge is -2.58. The average Bonchev–Trinajstić information content (AvgIpc) is 2.27. The quantitative estimate of drug-likeness (QED) is 0.761. The van der Waals surface area contributed by atoms with Gasteiger partial charge in [-0.15, -0.1) is 0 Å². The molecule has 2 fully saturated rings. The number of aliphatic hydroxyl groups excluding tert-OH is 1. The normalized spacial score (nSPS) is 22.4. The zero-order valence-corrected chi connectivity index (χ0v) is 13.3. The number of carbonyl (C=O) groups is 2. The number of likely N-dealkylation sites (tertiary alicyclic amines) is 1. The minimum atomic E-state index is -0.503. The van der Waals surface area contributed by atoms with Gasteiger partial charge in [-0.1, -0.05) is 0 Å². The molecule has 0 aliphatic carbocycles. The number of amides is 2. The molecule has 2 amide bonds. The predicted octanol–water partition coefficient (Wildman–Crippen LogP) is -0.258. The predicted molar refractivity (Wildman–Crippen MR) is 76.8 cm³/mol. The summed E-state index contributed by atoms with van der Waals surface area (Å²) in [4.78, 5) is 29.2. The summed E-state index contributed by atoms with van der Waals surface area (Å²) in [5.41, 5.74) is -0.711. The molecule has 0 radical (unpaired) electrons. The van der Waals surface area contributed by atoms with Gasteiger partial charge in [-0.25, -0.2) is 4.79 Å². The van der Waals surface area contributed by atoms with E-state index >= 15 is 0 Å². The molecule has 21 heavy (non-hydrogen) atoms. The van der Waals surface area contributed by atoms with Crippen LogP contribution in [0.1, 0.15) is 20.8 Å². The molecule has 0 saturated carbocycles. The molecule has 2 heterocycles. The van der Waals surface area contributed by atoms with Crippen LogP contribution in [0, 0.1) is 0 Å². The molecule has 0 atom stereocenters. The highest BCUT2D eigenvalue weighted by molar-refractivity contribution is 5.80. The summed E-state index contributed by atoms with van der Waals surface area (Å²) < 4.78 is 5.35. The molecule has 0 aromatic heterocycles. The van der Waals surface area contributed by atoms with E-state index in [1.54, 1.807) is 9.80 Å². The van der Waals surface area contributed by atoms with Crippen LogP contribution >= 0.6 is 0 Å². The van der Waals surface area contributed by atoms with Gasteiger partial charge in [0, 0.05) is 26.2 Å². The molecule has 0 aromatic carbocycles. The SMILES string of the molecule is CN1CC(=O)N(CCO)CC12CN(C(=O)OC(C)(C)C)C2. The van der Waals surface area contributed by atoms with Crippen molar-refractivity contribution in [3.05, 3.63) is 0 Å². The van der Waals surface area contributed by atoms with Crippen molar-refractivity contribution in [2.75, 3.05) is 46.4 Å². The third-order valence-electron chi connectivity index (χ3n) is 4.01. The Kier molecular flexibility index (Phi) is 4.17. The summed E-state index contributed by atoms with van der Waals surface area (Å²) >= 11 is 0. The molecular weight excluding hydrogens is 274 g/mol. The molecule has 7 heteroatoms. The summed E-state index contributed by atoms with van der Waals surface area (Å²) in [6, 6.07) is 0. The van der Waals surface area contributed by atoms with Crippen LogP contribution in [0.5, 0.6) is 0 Å². The van der Waals surface area contributed by atoms with Crippen molar-refractivity contribution in [1.82, 2.24) is 14.7 Å². The van der Waals surface area contributed by atoms with Crippen LogP contribution in [0.25, 0.3) is 0 Å². The molecule has 0 aromatic rings. The van der Waals surface area contributed by atoms with Gasteiger partial charge in [-0.3, -0.25) is 9.69 Å². The minimum Gasteiger partial charge on any atom is -0.444 e. The van der Waals surface area contributed by atoms with Gasteiger partial charge in [-0.05, 0) is 27.8 Å². The average molecular weight is 299 g/mol. The standard InChI is InChI=1S/C14H25N3O4/c1-13(2,3)21-12(20)17-9-14(10-17)8-16(5-6-18)11(19)7-15(14)4/h18H,5-10H2,1-4H3. The maximum absolute atomic E-state index is 12.0. The molecule has 0 bridgehead atoms. The van der Waals surface area contributed by atoms with E-state index in [9.17, 15) is 9.59 Å². The Balaban J connectivity index is 1.96. The van der Waals surface area contributed by atoms with Crippen molar-refractivity contribution in [2.45, 2.75) is 31.9 Å². The Bertz CT molecular complexity index is 426. The number of nitrogens with zero attached hydrogens (tertiary/aromatic N) is 3. The lowest BCUT2D eigenvalue weighted by Crippen LogP contribution is -2.78. The second-order valence-electron chi connectivity index (χ2n) is 6.96. The monoisotopic (exact) mass is 299 g/mol. The third kappa shape index (κ3) is 3.29. The maximum atomic E-state index is 12.0. The van der Waals surface area contributed by atoms with Gasteiger partial charge >= 0.3 is 6.09 Å². The van der Waals surface area contributed by atoms with E-state index < -0.39 is 5.60 Å². The van der Waals surface area contributed by atoms with Gasteiger partial charge in [0.1, 0.15) is 5.60 Å². The molecule has 1 spiro atoms. The lowest BCUT2D eigenvalue weighted by atomic mass is 9.85. The van der Waals surface area contributed by atoms with Crippen LogP contribution in [-0.2, 0) is 9.53 Å². The van der Waals surface area contributed by atoms with Crippen LogP contribution in [-0.4, -0.2) is 89.3 Å². The van der Waals surface area contributed by atoms with Crippen molar-refractivity contribution in [3.63, 3.8) is 0 Å². The summed E-state index contributed by atoms with van der Waals surface area (Å²) in [5, 5.41) is 9.04. The smallest absolute Gasteiger partial charge is 0.410 e. The first-order chi connectivity index (χ1) is 9.67. The molecule has 120 valence electrons. The Morgan fingerprint density at radius 2 is 1.95 bits per heavy atom. The molecule has 7 nitrogen and oxygen atoms in total. The number of ether oxygens (including phenoxy) is 1. The molecule has 1 N–H and O–H groups in total. The number of piperazine rings is 1. The lowest BCUT2D eigenvalue weighted by molar-refractivity contribution is -0.151. The third-order valence-corrected chi connectivity index (χ3v) is 4.01. The molecule has 2 aliphatic heterocycles. The fraction of sp³-hybridized carbons (Fsp3) is 0.857. The first-order valence-corrected chi connectivity index (χ1v) is 7.25. The Morgan fingerprint density at radius 3 is 2.48 bits per heavy atom. The van der Waals surface area contributed by atoms with E-state index in [1.165, 1.54) is 0 Å². The van der Waals surface area contributed by atoms with Crippen LogP contribution in [0.3, 0.4) is 0 Å². The Morgan fingerprint density at radius 1 is 1.33 bits per heavy atom. The first kappa shape index (κ1) is 16.0. The zero-order valence-electron chi connectivity index (χ0n) is 13.3. The molecule has 2 saturated heterocycles. The van der Waals surface area contributed by atoms with Gasteiger partial charge in [0.05, 0.1) is 18.7 Å². The highest BCUT2D eigenvalue weighted by atomic mass is 16.6. The second kappa shape index (κ2) is 5.46. The number of hydrogen-bond acceptors (Lipinski definition) is 5. The van der Waals surface area contributed by atoms with Gasteiger partial charge < -0.3 is 19.6 Å². The van der Waals surface area contributed by atoms with E-state index in [0.29, 0.717) is 32.7 Å². The molecular formula is C14H25N3O4. The van der Waals surface area contributed by atoms with Crippen LogP contribution in [0.2, 0.25) is 0 Å². The van der Waals surface area contributed by atoms with Gasteiger partial charge in [0.25, 0.3) is 0 Å². The summed E-state index contributed by atoms with van der Waals surface area (Å²) in [6.45, 7) is 7.80. The molecule has 0 unspecified atom stereocenters. The molecule has 2 rings (SSSR count). The van der Waals surface area contributed by atoms with Gasteiger partial charge in [-0.2, -0.15) is 0 Å². The number of carbonyl (C=O) groups excluding carboxylic acids is 2. The Labute approximate surface area is 125 Å². The number of hydrogen-bond donors (Lipinski definition) is 1. The Hall–Kier alpha value is -1.34. The summed E-state index contributed by atoms with van der Waals surface area (Å²) in [5.74, 6) is 0.0212. The van der Waals surface area contributed by atoms with Crippen molar-refractivity contribution in [3.8, 4) is 0 Å². The summed E-state index contributed by atoms with van der Waals surface area (Å²) in [6.07, 6.45) is -0.313. The highest BCUT2D eigenvalue weighted by Gasteiger charge is 2.53. The van der Waals surface area contributed by atoms with Gasteiger partial charge in [0.2, 0.25) is 5.91 Å². The minimum absolute atomic E-state index is 0.0212. The van der Waals surface area contributed by atoms with Gasteiger partial charge in [0.15, 0.2) is 0 Å². The maximum Gasteiger partial charge on any atom is 0.410 e. The topological polar surface area (TPSA) is 73.3 Å².